The van der Waals surface area contributed by atoms with Gasteiger partial charge in [-0.3, -0.25) is 14.6 Å². The number of benzene rings is 2. The molecule has 0 bridgehead atoms. The predicted octanol–water partition coefficient (Wildman–Crippen LogP) is 3.81. The maximum Gasteiger partial charge on any atom is 0.268 e. The van der Waals surface area contributed by atoms with E-state index in [1.807, 2.05) is 54.6 Å². The van der Waals surface area contributed by atoms with Crippen molar-refractivity contribution in [2.45, 2.75) is 19.5 Å². The van der Waals surface area contributed by atoms with Gasteiger partial charge in [0.25, 0.3) is 11.5 Å². The smallest absolute Gasteiger partial charge is 0.268 e. The highest BCUT2D eigenvalue weighted by atomic mass is 16.1. The van der Waals surface area contributed by atoms with Crippen LogP contribution in [0.25, 0.3) is 10.8 Å². The van der Waals surface area contributed by atoms with E-state index in [0.717, 1.165) is 33.2 Å². The Bertz CT molecular complexity index is 1740. The third-order valence-corrected chi connectivity index (χ3v) is 6.29. The van der Waals surface area contributed by atoms with Crippen LogP contribution < -0.4 is 16.6 Å². The van der Waals surface area contributed by atoms with Crippen LogP contribution in [0.15, 0.2) is 96.2 Å². The van der Waals surface area contributed by atoms with Crippen LogP contribution in [0.4, 0.5) is 5.82 Å². The molecule has 0 spiro atoms. The highest BCUT2D eigenvalue weighted by Crippen LogP contribution is 2.20. The summed E-state index contributed by atoms with van der Waals surface area (Å²) in [6.07, 6.45) is 5.54. The molecule has 5 aromatic rings. The Morgan fingerprint density at radius 3 is 2.53 bits per heavy atom. The van der Waals surface area contributed by atoms with Crippen molar-refractivity contribution in [2.24, 2.45) is 0 Å². The van der Waals surface area contributed by atoms with Crippen LogP contribution in [0.2, 0.25) is 0 Å². The van der Waals surface area contributed by atoms with Gasteiger partial charge in [0.1, 0.15) is 17.5 Å². The molecule has 0 saturated heterocycles. The number of carbonyl (C=O) groups is 1. The van der Waals surface area contributed by atoms with E-state index < -0.39 is 0 Å². The van der Waals surface area contributed by atoms with Gasteiger partial charge in [0, 0.05) is 48.2 Å². The van der Waals surface area contributed by atoms with Crippen LogP contribution in [0.3, 0.4) is 0 Å². The van der Waals surface area contributed by atoms with Gasteiger partial charge in [-0.1, -0.05) is 36.4 Å². The van der Waals surface area contributed by atoms with Crippen LogP contribution in [-0.4, -0.2) is 20.4 Å². The Hall–Kier alpha value is -5.29. The molecule has 3 heterocycles. The number of nitrogens with one attached hydrogen (secondary N) is 1. The van der Waals surface area contributed by atoms with Crippen molar-refractivity contribution in [1.29, 1.82) is 5.26 Å². The number of hydrogen-bond acceptors (Lipinski definition) is 6. The molecule has 2 aromatic carbocycles. The number of aromatic nitrogens is 3. The Balaban J connectivity index is 1.22. The van der Waals surface area contributed by atoms with Gasteiger partial charge in [0.2, 0.25) is 0 Å². The molecular weight excluding hydrogens is 476 g/mol. The number of nitrogens with two attached hydrogens (primary N) is 1. The molecule has 8 nitrogen and oxygen atoms in total. The first-order valence-corrected chi connectivity index (χ1v) is 12.0. The lowest BCUT2D eigenvalue weighted by atomic mass is 10.1. The monoisotopic (exact) mass is 500 g/mol. The van der Waals surface area contributed by atoms with Gasteiger partial charge in [-0.2, -0.15) is 5.26 Å². The van der Waals surface area contributed by atoms with Crippen molar-refractivity contribution in [1.82, 2.24) is 19.9 Å². The third-order valence-electron chi connectivity index (χ3n) is 6.29. The van der Waals surface area contributed by atoms with Gasteiger partial charge < -0.3 is 15.6 Å². The van der Waals surface area contributed by atoms with E-state index in [1.165, 1.54) is 10.6 Å². The minimum Gasteiger partial charge on any atom is -0.383 e. The lowest BCUT2D eigenvalue weighted by Gasteiger charge is -2.09. The molecule has 0 radical (unpaired) electrons. The second-order valence-corrected chi connectivity index (χ2v) is 8.93. The molecule has 38 heavy (non-hydrogen) atoms. The fraction of sp³-hybridized carbons (Fsp3) is 0.100. The summed E-state index contributed by atoms with van der Waals surface area (Å²) in [5, 5.41) is 13.9. The van der Waals surface area contributed by atoms with Crippen molar-refractivity contribution >= 4 is 22.5 Å². The maximum atomic E-state index is 12.8. The highest BCUT2D eigenvalue weighted by Gasteiger charge is 2.09. The molecule has 3 N–H and O–H groups in total. The summed E-state index contributed by atoms with van der Waals surface area (Å²) in [4.78, 5) is 33.6. The van der Waals surface area contributed by atoms with E-state index in [1.54, 1.807) is 36.8 Å². The number of fused-ring (bicyclic) bond motifs is 1. The Morgan fingerprint density at radius 2 is 1.71 bits per heavy atom. The molecule has 0 aliphatic heterocycles. The molecule has 1 amide bonds. The van der Waals surface area contributed by atoms with E-state index >= 15 is 0 Å². The van der Waals surface area contributed by atoms with Crippen LogP contribution in [0.5, 0.6) is 0 Å². The molecule has 0 fully saturated rings. The van der Waals surface area contributed by atoms with Gasteiger partial charge >= 0.3 is 0 Å². The maximum absolute atomic E-state index is 12.8. The quantitative estimate of drug-likeness (QED) is 0.350. The fourth-order valence-corrected chi connectivity index (χ4v) is 4.28. The largest absolute Gasteiger partial charge is 0.383 e. The lowest BCUT2D eigenvalue weighted by molar-refractivity contribution is 0.0950. The standard InChI is InChI=1S/C30H24N6O2/c31-17-25-2-1-13-36(30(25)38)19-21-5-3-20(4-6-21)15-26-16-24(10-11-33-26)29(37)35-18-22-7-8-27-23(14-22)9-12-34-28(27)32/h1-14,16H,15,18-19H2,(H2,32,34)(H,35,37). The van der Waals surface area contributed by atoms with Crippen LogP contribution in [0, 0.1) is 11.3 Å². The first kappa shape index (κ1) is 24.4. The van der Waals surface area contributed by atoms with E-state index in [9.17, 15) is 9.59 Å². The molecule has 0 unspecified atom stereocenters. The SMILES string of the molecule is N#Cc1cccn(Cc2ccc(Cc3cc(C(=O)NCc4ccc5c(N)nccc5c4)ccn3)cc2)c1=O. The lowest BCUT2D eigenvalue weighted by Crippen LogP contribution is -2.23. The van der Waals surface area contributed by atoms with Crippen molar-refractivity contribution < 1.29 is 4.79 Å². The summed E-state index contributed by atoms with van der Waals surface area (Å²) in [5.41, 5.74) is 9.99. The highest BCUT2D eigenvalue weighted by molar-refractivity contribution is 5.94. The zero-order valence-corrected chi connectivity index (χ0v) is 20.5. The molecule has 186 valence electrons. The van der Waals surface area contributed by atoms with Gasteiger partial charge in [-0.15, -0.1) is 0 Å². The summed E-state index contributed by atoms with van der Waals surface area (Å²) in [6, 6.07) is 24.2. The number of anilines is 1. The second kappa shape index (κ2) is 10.8. The average molecular weight is 501 g/mol. The summed E-state index contributed by atoms with van der Waals surface area (Å²) in [6.45, 7) is 0.764. The molecule has 0 atom stereocenters. The number of rotatable bonds is 7. The normalized spacial score (nSPS) is 10.7. The molecule has 8 heteroatoms. The second-order valence-electron chi connectivity index (χ2n) is 8.93. The first-order valence-electron chi connectivity index (χ1n) is 12.0. The number of amides is 1. The minimum atomic E-state index is -0.305. The number of carbonyl (C=O) groups excluding carboxylic acids is 1. The number of nitrogen functional groups attached to an aromatic ring is 1. The summed E-state index contributed by atoms with van der Waals surface area (Å²) in [5.74, 6) is 0.307. The zero-order valence-electron chi connectivity index (χ0n) is 20.5. The third kappa shape index (κ3) is 5.42. The van der Waals surface area contributed by atoms with E-state index in [2.05, 4.69) is 15.3 Å². The average Bonchev–Trinajstić information content (AvgIpc) is 2.94. The summed E-state index contributed by atoms with van der Waals surface area (Å²) < 4.78 is 1.52. The molecule has 0 aliphatic rings. The molecule has 0 aliphatic carbocycles. The van der Waals surface area contributed by atoms with E-state index in [4.69, 9.17) is 11.0 Å². The van der Waals surface area contributed by atoms with Crippen molar-refractivity contribution in [2.75, 3.05) is 5.73 Å². The van der Waals surface area contributed by atoms with Gasteiger partial charge in [-0.25, -0.2) is 4.98 Å². The van der Waals surface area contributed by atoms with Crippen LogP contribution >= 0.6 is 0 Å². The molecule has 0 saturated carbocycles. The van der Waals surface area contributed by atoms with Crippen molar-refractivity contribution in [3.8, 4) is 6.07 Å². The van der Waals surface area contributed by atoms with E-state index in [-0.39, 0.29) is 17.0 Å². The van der Waals surface area contributed by atoms with Crippen molar-refractivity contribution in [3.63, 3.8) is 0 Å². The minimum absolute atomic E-state index is 0.124. The molecule has 3 aromatic heterocycles. The van der Waals surface area contributed by atoms with Gasteiger partial charge in [-0.05, 0) is 58.5 Å². The Morgan fingerprint density at radius 1 is 0.947 bits per heavy atom. The van der Waals surface area contributed by atoms with Gasteiger partial charge in [0.05, 0.1) is 6.54 Å². The zero-order chi connectivity index (χ0) is 26.5. The number of nitrogens with zero attached hydrogens (tertiary/aromatic N) is 4. The predicted molar refractivity (Wildman–Crippen MR) is 145 cm³/mol. The summed E-state index contributed by atoms with van der Waals surface area (Å²) in [7, 11) is 0. The fourth-order valence-electron chi connectivity index (χ4n) is 4.28. The number of hydrogen-bond donors (Lipinski definition) is 2. The molecular formula is C30H24N6O2. The topological polar surface area (TPSA) is 127 Å². The number of pyridine rings is 3. The van der Waals surface area contributed by atoms with Gasteiger partial charge in [0.15, 0.2) is 0 Å². The van der Waals surface area contributed by atoms with Crippen LogP contribution in [0.1, 0.15) is 38.3 Å². The summed E-state index contributed by atoms with van der Waals surface area (Å²) >= 11 is 0. The Kier molecular flexibility index (Phi) is 6.91. The van der Waals surface area contributed by atoms with Crippen molar-refractivity contribution in [3.05, 3.63) is 135 Å². The Labute approximate surface area is 219 Å². The van der Waals surface area contributed by atoms with Crippen LogP contribution in [-0.2, 0) is 19.5 Å². The van der Waals surface area contributed by atoms with E-state index in [0.29, 0.717) is 30.9 Å². The molecule has 5 rings (SSSR count). The first-order chi connectivity index (χ1) is 18.5. The number of nitriles is 1.